The van der Waals surface area contributed by atoms with Gasteiger partial charge in [-0.3, -0.25) is 0 Å². The van der Waals surface area contributed by atoms with Crippen LogP contribution in [0.5, 0.6) is 0 Å². The summed E-state index contributed by atoms with van der Waals surface area (Å²) in [4.78, 5) is 0. The van der Waals surface area contributed by atoms with E-state index in [2.05, 4.69) is 0 Å². The van der Waals surface area contributed by atoms with E-state index < -0.39 is 6.10 Å². The van der Waals surface area contributed by atoms with Crippen LogP contribution in [0.2, 0.25) is 0 Å². The van der Waals surface area contributed by atoms with E-state index in [1.54, 1.807) is 7.11 Å². The Bertz CT molecular complexity index is 131. The number of ether oxygens (including phenoxy) is 2. The normalized spacial score (nSPS) is 15.2. The van der Waals surface area contributed by atoms with Gasteiger partial charge in [0, 0.05) is 13.7 Å². The molecule has 5 heteroatoms. The van der Waals surface area contributed by atoms with Crippen molar-refractivity contribution in [3.63, 3.8) is 0 Å². The smallest absolute Gasteiger partial charge is 0.104 e. The molecule has 92 valence electrons. The monoisotopic (exact) mass is 222 g/mol. The summed E-state index contributed by atoms with van der Waals surface area (Å²) in [7, 11) is 1.56. The van der Waals surface area contributed by atoms with Crippen molar-refractivity contribution in [2.45, 2.75) is 31.5 Å². The van der Waals surface area contributed by atoms with Gasteiger partial charge < -0.3 is 24.8 Å². The summed E-state index contributed by atoms with van der Waals surface area (Å²) in [5.74, 6) is 0. The molecule has 2 atom stereocenters. The van der Waals surface area contributed by atoms with Crippen molar-refractivity contribution in [1.29, 1.82) is 0 Å². The van der Waals surface area contributed by atoms with Crippen LogP contribution < -0.4 is 0 Å². The molecule has 2 unspecified atom stereocenters. The molecule has 0 aliphatic heterocycles. The molecule has 0 fully saturated rings. The van der Waals surface area contributed by atoms with Crippen LogP contribution in [0.4, 0.5) is 0 Å². The fourth-order valence-electron chi connectivity index (χ4n) is 1.16. The van der Waals surface area contributed by atoms with Crippen LogP contribution >= 0.6 is 0 Å². The highest BCUT2D eigenvalue weighted by Gasteiger charge is 2.06. The SMILES string of the molecule is COCC(CO)OCCCCC(O)CO. The molecule has 0 aliphatic rings. The van der Waals surface area contributed by atoms with Crippen molar-refractivity contribution in [2.75, 3.05) is 33.5 Å². The second-order valence-corrected chi connectivity index (χ2v) is 3.46. The number of hydrogen-bond acceptors (Lipinski definition) is 5. The standard InChI is InChI=1S/C10H22O5/c1-14-8-10(7-12)15-5-3-2-4-9(13)6-11/h9-13H,2-8H2,1H3. The van der Waals surface area contributed by atoms with E-state index in [4.69, 9.17) is 24.8 Å². The van der Waals surface area contributed by atoms with Crippen LogP contribution in [0.3, 0.4) is 0 Å². The number of aliphatic hydroxyl groups is 3. The van der Waals surface area contributed by atoms with Crippen LogP contribution in [-0.2, 0) is 9.47 Å². The Morgan fingerprint density at radius 3 is 2.40 bits per heavy atom. The Kier molecular flexibility index (Phi) is 10.2. The second-order valence-electron chi connectivity index (χ2n) is 3.46. The van der Waals surface area contributed by atoms with Gasteiger partial charge >= 0.3 is 0 Å². The molecule has 3 N–H and O–H groups in total. The largest absolute Gasteiger partial charge is 0.394 e. The molecule has 0 aliphatic carbocycles. The van der Waals surface area contributed by atoms with E-state index in [0.29, 0.717) is 19.6 Å². The topological polar surface area (TPSA) is 79.2 Å². The minimum absolute atomic E-state index is 0.0485. The molecular formula is C10H22O5. The third-order valence-corrected chi connectivity index (χ3v) is 2.05. The molecule has 0 amide bonds. The van der Waals surface area contributed by atoms with Gasteiger partial charge in [0.1, 0.15) is 6.10 Å². The van der Waals surface area contributed by atoms with Crippen LogP contribution in [-0.4, -0.2) is 61.1 Å². The Labute approximate surface area is 90.6 Å². The summed E-state index contributed by atoms with van der Waals surface area (Å²) >= 11 is 0. The molecule has 0 saturated heterocycles. The Morgan fingerprint density at radius 1 is 1.13 bits per heavy atom. The molecule has 0 radical (unpaired) electrons. The molecule has 0 bridgehead atoms. The predicted molar refractivity (Wildman–Crippen MR) is 55.6 cm³/mol. The number of methoxy groups -OCH3 is 1. The first-order valence-electron chi connectivity index (χ1n) is 5.24. The fraction of sp³-hybridized carbons (Fsp3) is 1.00. The zero-order valence-electron chi connectivity index (χ0n) is 9.26. The first kappa shape index (κ1) is 14.8. The highest BCUT2D eigenvalue weighted by atomic mass is 16.5. The zero-order chi connectivity index (χ0) is 11.5. The summed E-state index contributed by atoms with van der Waals surface area (Å²) in [5.41, 5.74) is 0. The molecule has 0 aromatic rings. The Balaban J connectivity index is 3.28. The maximum Gasteiger partial charge on any atom is 0.104 e. The molecule has 0 aromatic carbocycles. The van der Waals surface area contributed by atoms with E-state index in [1.165, 1.54) is 0 Å². The first-order valence-corrected chi connectivity index (χ1v) is 5.24. The summed E-state index contributed by atoms with van der Waals surface area (Å²) in [6.45, 7) is 0.680. The highest BCUT2D eigenvalue weighted by molar-refractivity contribution is 4.55. The van der Waals surface area contributed by atoms with Crippen molar-refractivity contribution < 1.29 is 24.8 Å². The molecule has 5 nitrogen and oxygen atoms in total. The summed E-state index contributed by atoms with van der Waals surface area (Å²) < 4.78 is 10.2. The molecule has 0 aromatic heterocycles. The highest BCUT2D eigenvalue weighted by Crippen LogP contribution is 2.02. The van der Waals surface area contributed by atoms with Gasteiger partial charge in [-0.15, -0.1) is 0 Å². The minimum Gasteiger partial charge on any atom is -0.394 e. The fourth-order valence-corrected chi connectivity index (χ4v) is 1.16. The van der Waals surface area contributed by atoms with Crippen LogP contribution in [0.15, 0.2) is 0 Å². The maximum atomic E-state index is 9.05. The Morgan fingerprint density at radius 2 is 1.87 bits per heavy atom. The lowest BCUT2D eigenvalue weighted by Crippen LogP contribution is -2.23. The molecule has 0 heterocycles. The third kappa shape index (κ3) is 8.77. The number of hydrogen-bond donors (Lipinski definition) is 3. The van der Waals surface area contributed by atoms with Crippen molar-refractivity contribution in [1.82, 2.24) is 0 Å². The molecule has 15 heavy (non-hydrogen) atoms. The zero-order valence-corrected chi connectivity index (χ0v) is 9.26. The number of aliphatic hydroxyl groups excluding tert-OH is 3. The lowest BCUT2D eigenvalue weighted by atomic mass is 10.2. The van der Waals surface area contributed by atoms with Gasteiger partial charge in [-0.1, -0.05) is 0 Å². The second kappa shape index (κ2) is 10.3. The van der Waals surface area contributed by atoms with Gasteiger partial charge in [0.2, 0.25) is 0 Å². The van der Waals surface area contributed by atoms with E-state index in [1.807, 2.05) is 0 Å². The number of unbranched alkanes of at least 4 members (excludes halogenated alkanes) is 1. The molecule has 0 saturated carbocycles. The van der Waals surface area contributed by atoms with E-state index in [-0.39, 0.29) is 19.3 Å². The summed E-state index contributed by atoms with van der Waals surface area (Å²) in [6, 6.07) is 0. The van der Waals surface area contributed by atoms with Gasteiger partial charge in [0.05, 0.1) is 25.9 Å². The van der Waals surface area contributed by atoms with Crippen LogP contribution in [0, 0.1) is 0 Å². The average molecular weight is 222 g/mol. The van der Waals surface area contributed by atoms with Crippen LogP contribution in [0.25, 0.3) is 0 Å². The van der Waals surface area contributed by atoms with Crippen molar-refractivity contribution >= 4 is 0 Å². The molecule has 0 spiro atoms. The van der Waals surface area contributed by atoms with Gasteiger partial charge in [0.25, 0.3) is 0 Å². The predicted octanol–water partition coefficient (Wildman–Crippen LogP) is -0.466. The van der Waals surface area contributed by atoms with E-state index >= 15 is 0 Å². The van der Waals surface area contributed by atoms with E-state index in [0.717, 1.165) is 12.8 Å². The van der Waals surface area contributed by atoms with Gasteiger partial charge in [0.15, 0.2) is 0 Å². The average Bonchev–Trinajstić information content (AvgIpc) is 2.26. The Hall–Kier alpha value is -0.200. The number of rotatable bonds is 10. The third-order valence-electron chi connectivity index (χ3n) is 2.05. The minimum atomic E-state index is -0.627. The van der Waals surface area contributed by atoms with Crippen molar-refractivity contribution in [2.24, 2.45) is 0 Å². The van der Waals surface area contributed by atoms with E-state index in [9.17, 15) is 0 Å². The van der Waals surface area contributed by atoms with Crippen LogP contribution in [0.1, 0.15) is 19.3 Å². The first-order chi connectivity index (χ1) is 7.24. The molecule has 0 rings (SSSR count). The van der Waals surface area contributed by atoms with Crippen molar-refractivity contribution in [3.8, 4) is 0 Å². The summed E-state index contributed by atoms with van der Waals surface area (Å²) in [5, 5.41) is 26.5. The quantitative estimate of drug-likeness (QED) is 0.436. The molecular weight excluding hydrogens is 200 g/mol. The summed E-state index contributed by atoms with van der Waals surface area (Å²) in [6.07, 6.45) is 1.29. The van der Waals surface area contributed by atoms with Crippen molar-refractivity contribution in [3.05, 3.63) is 0 Å². The van der Waals surface area contributed by atoms with Gasteiger partial charge in [-0.05, 0) is 19.3 Å². The maximum absolute atomic E-state index is 9.05. The van der Waals surface area contributed by atoms with Gasteiger partial charge in [-0.25, -0.2) is 0 Å². The lowest BCUT2D eigenvalue weighted by Gasteiger charge is -2.14. The van der Waals surface area contributed by atoms with Gasteiger partial charge in [-0.2, -0.15) is 0 Å². The lowest BCUT2D eigenvalue weighted by molar-refractivity contribution is -0.0328.